The van der Waals surface area contributed by atoms with Crippen molar-refractivity contribution in [2.24, 2.45) is 0 Å². The third kappa shape index (κ3) is 3.16. The van der Waals surface area contributed by atoms with E-state index in [1.807, 2.05) is 24.3 Å². The molecule has 1 N–H and O–H groups in total. The Bertz CT molecular complexity index is 630. The molecular weight excluding hydrogens is 269 g/mol. The molecule has 0 saturated heterocycles. The molecule has 0 fully saturated rings. The lowest BCUT2D eigenvalue weighted by Gasteiger charge is -2.15. The summed E-state index contributed by atoms with van der Waals surface area (Å²) in [6, 6.07) is 12.7. The van der Waals surface area contributed by atoms with Crippen LogP contribution in [-0.2, 0) is 17.8 Å². The van der Waals surface area contributed by atoms with Crippen LogP contribution in [0.2, 0.25) is 0 Å². The summed E-state index contributed by atoms with van der Waals surface area (Å²) in [5.41, 5.74) is 3.10. The summed E-state index contributed by atoms with van der Waals surface area (Å²) in [5, 5.41) is 3.39. The minimum absolute atomic E-state index is 0.0254. The maximum absolute atomic E-state index is 13.2. The summed E-state index contributed by atoms with van der Waals surface area (Å²) in [4.78, 5) is 0. The van der Waals surface area contributed by atoms with Crippen LogP contribution in [-0.4, -0.2) is 19.8 Å². The Morgan fingerprint density at radius 3 is 3.00 bits per heavy atom. The number of hydrogen-bond acceptors (Lipinski definition) is 3. The zero-order valence-electron chi connectivity index (χ0n) is 11.9. The van der Waals surface area contributed by atoms with Crippen LogP contribution in [0, 0.1) is 5.82 Å². The Hall–Kier alpha value is -2.07. The molecule has 2 aromatic rings. The number of hydrogen-bond donors (Lipinski definition) is 1. The molecule has 1 unspecified atom stereocenters. The minimum atomic E-state index is -0.212. The first-order valence-corrected chi connectivity index (χ1v) is 7.02. The van der Waals surface area contributed by atoms with Gasteiger partial charge in [-0.3, -0.25) is 0 Å². The first-order chi connectivity index (χ1) is 10.3. The lowest BCUT2D eigenvalue weighted by molar-refractivity contribution is 0.185. The van der Waals surface area contributed by atoms with Gasteiger partial charge < -0.3 is 14.8 Å². The van der Waals surface area contributed by atoms with Gasteiger partial charge in [-0.05, 0) is 24.3 Å². The second kappa shape index (κ2) is 6.14. The maximum atomic E-state index is 13.2. The minimum Gasteiger partial charge on any atom is -0.488 e. The van der Waals surface area contributed by atoms with E-state index in [0.717, 1.165) is 29.0 Å². The summed E-state index contributed by atoms with van der Waals surface area (Å²) in [7, 11) is 1.68. The Labute approximate surface area is 123 Å². The fraction of sp³-hybridized carbons (Fsp3) is 0.294. The first kappa shape index (κ1) is 13.9. The van der Waals surface area contributed by atoms with Crippen LogP contribution in [0.5, 0.6) is 5.75 Å². The Morgan fingerprint density at radius 1 is 1.29 bits per heavy atom. The second-order valence-corrected chi connectivity index (χ2v) is 5.17. The van der Waals surface area contributed by atoms with E-state index in [1.54, 1.807) is 19.2 Å². The summed E-state index contributed by atoms with van der Waals surface area (Å²) in [6.45, 7) is 1.25. The topological polar surface area (TPSA) is 30.5 Å². The van der Waals surface area contributed by atoms with Crippen LogP contribution in [0.25, 0.3) is 0 Å². The SMILES string of the molecule is COCc1ccccc1NCC1Cc2cc(F)ccc2O1. The fourth-order valence-electron chi connectivity index (χ4n) is 2.60. The van der Waals surface area contributed by atoms with Crippen molar-refractivity contribution in [2.75, 3.05) is 19.0 Å². The van der Waals surface area contributed by atoms with Gasteiger partial charge in [-0.15, -0.1) is 0 Å². The van der Waals surface area contributed by atoms with Crippen molar-refractivity contribution in [1.82, 2.24) is 0 Å². The third-order valence-electron chi connectivity index (χ3n) is 3.60. The molecule has 3 nitrogen and oxygen atoms in total. The monoisotopic (exact) mass is 287 g/mol. The van der Waals surface area contributed by atoms with E-state index in [-0.39, 0.29) is 11.9 Å². The average molecular weight is 287 g/mol. The number of ether oxygens (including phenoxy) is 2. The highest BCUT2D eigenvalue weighted by molar-refractivity contribution is 5.51. The molecule has 3 rings (SSSR count). The number of para-hydroxylation sites is 1. The summed E-state index contributed by atoms with van der Waals surface area (Å²) >= 11 is 0. The van der Waals surface area contributed by atoms with Gasteiger partial charge in [-0.2, -0.15) is 0 Å². The molecule has 0 aromatic heterocycles. The summed E-state index contributed by atoms with van der Waals surface area (Å²) < 4.78 is 24.2. The lowest BCUT2D eigenvalue weighted by atomic mass is 10.1. The van der Waals surface area contributed by atoms with Crippen molar-refractivity contribution in [1.29, 1.82) is 0 Å². The van der Waals surface area contributed by atoms with Gasteiger partial charge in [0, 0.05) is 30.3 Å². The van der Waals surface area contributed by atoms with E-state index in [1.165, 1.54) is 6.07 Å². The van der Waals surface area contributed by atoms with Gasteiger partial charge >= 0.3 is 0 Å². The number of halogens is 1. The van der Waals surface area contributed by atoms with E-state index < -0.39 is 0 Å². The molecule has 21 heavy (non-hydrogen) atoms. The van der Waals surface area contributed by atoms with Crippen molar-refractivity contribution < 1.29 is 13.9 Å². The van der Waals surface area contributed by atoms with E-state index in [4.69, 9.17) is 9.47 Å². The smallest absolute Gasteiger partial charge is 0.123 e. The van der Waals surface area contributed by atoms with Crippen molar-refractivity contribution in [3.63, 3.8) is 0 Å². The van der Waals surface area contributed by atoms with Gasteiger partial charge in [0.25, 0.3) is 0 Å². The van der Waals surface area contributed by atoms with Crippen LogP contribution in [0.4, 0.5) is 10.1 Å². The highest BCUT2D eigenvalue weighted by Crippen LogP contribution is 2.29. The van der Waals surface area contributed by atoms with Crippen molar-refractivity contribution >= 4 is 5.69 Å². The molecule has 1 heterocycles. The van der Waals surface area contributed by atoms with Crippen molar-refractivity contribution in [3.8, 4) is 5.75 Å². The maximum Gasteiger partial charge on any atom is 0.123 e. The highest BCUT2D eigenvalue weighted by Gasteiger charge is 2.23. The molecule has 0 bridgehead atoms. The van der Waals surface area contributed by atoms with Gasteiger partial charge in [0.15, 0.2) is 0 Å². The second-order valence-electron chi connectivity index (χ2n) is 5.17. The zero-order chi connectivity index (χ0) is 14.7. The van der Waals surface area contributed by atoms with Crippen LogP contribution in [0.15, 0.2) is 42.5 Å². The number of anilines is 1. The first-order valence-electron chi connectivity index (χ1n) is 7.02. The van der Waals surface area contributed by atoms with Crippen LogP contribution in [0.3, 0.4) is 0 Å². The Balaban J connectivity index is 1.62. The Kier molecular flexibility index (Phi) is 4.06. The number of fused-ring (bicyclic) bond motifs is 1. The van der Waals surface area contributed by atoms with E-state index in [9.17, 15) is 4.39 Å². The fourth-order valence-corrected chi connectivity index (χ4v) is 2.60. The van der Waals surface area contributed by atoms with Crippen LogP contribution in [0.1, 0.15) is 11.1 Å². The normalized spacial score (nSPS) is 16.4. The highest BCUT2D eigenvalue weighted by atomic mass is 19.1. The van der Waals surface area contributed by atoms with Gasteiger partial charge in [0.1, 0.15) is 17.7 Å². The number of benzene rings is 2. The molecule has 0 spiro atoms. The zero-order valence-corrected chi connectivity index (χ0v) is 11.9. The van der Waals surface area contributed by atoms with E-state index in [2.05, 4.69) is 5.32 Å². The molecule has 1 aliphatic rings. The van der Waals surface area contributed by atoms with Crippen LogP contribution >= 0.6 is 0 Å². The number of nitrogens with one attached hydrogen (secondary N) is 1. The van der Waals surface area contributed by atoms with Gasteiger partial charge in [0.2, 0.25) is 0 Å². The molecule has 0 amide bonds. The number of rotatable bonds is 5. The molecule has 2 aromatic carbocycles. The average Bonchev–Trinajstić information content (AvgIpc) is 2.88. The molecule has 0 saturated carbocycles. The molecule has 0 aliphatic carbocycles. The standard InChI is InChI=1S/C17H18FNO2/c1-20-11-12-4-2-3-5-16(12)19-10-15-9-13-8-14(18)6-7-17(13)21-15/h2-8,15,19H,9-11H2,1H3. The van der Waals surface area contributed by atoms with Gasteiger partial charge in [0.05, 0.1) is 13.2 Å². The predicted molar refractivity (Wildman–Crippen MR) is 80.2 cm³/mol. The van der Waals surface area contributed by atoms with Crippen molar-refractivity contribution in [3.05, 3.63) is 59.4 Å². The third-order valence-corrected chi connectivity index (χ3v) is 3.60. The predicted octanol–water partition coefficient (Wildman–Crippen LogP) is 3.39. The molecular formula is C17H18FNO2. The Morgan fingerprint density at radius 2 is 2.14 bits per heavy atom. The van der Waals surface area contributed by atoms with E-state index >= 15 is 0 Å². The molecule has 4 heteroatoms. The van der Waals surface area contributed by atoms with Crippen LogP contribution < -0.4 is 10.1 Å². The molecule has 1 atom stereocenters. The van der Waals surface area contributed by atoms with Gasteiger partial charge in [-0.1, -0.05) is 18.2 Å². The van der Waals surface area contributed by atoms with E-state index in [0.29, 0.717) is 13.2 Å². The lowest BCUT2D eigenvalue weighted by Crippen LogP contribution is -2.24. The van der Waals surface area contributed by atoms with Crippen molar-refractivity contribution in [2.45, 2.75) is 19.1 Å². The summed E-state index contributed by atoms with van der Waals surface area (Å²) in [5.74, 6) is 0.574. The molecule has 110 valence electrons. The molecule has 0 radical (unpaired) electrons. The number of methoxy groups -OCH3 is 1. The molecule has 1 aliphatic heterocycles. The summed E-state index contributed by atoms with van der Waals surface area (Å²) in [6.07, 6.45) is 0.754. The quantitative estimate of drug-likeness (QED) is 0.914. The largest absolute Gasteiger partial charge is 0.488 e. The van der Waals surface area contributed by atoms with Gasteiger partial charge in [-0.25, -0.2) is 4.39 Å².